The molecule has 26 heavy (non-hydrogen) atoms. The topological polar surface area (TPSA) is 75.1 Å². The fraction of sp³-hybridized carbons (Fsp3) is 0.350. The number of aliphatic hydroxyl groups excluding tert-OH is 1. The number of nitrogens with one attached hydrogen (secondary N) is 2. The molecule has 2 aromatic rings. The summed E-state index contributed by atoms with van der Waals surface area (Å²) in [5, 5.41) is 16.8. The molecule has 0 heterocycles. The van der Waals surface area contributed by atoms with Crippen LogP contribution in [0.1, 0.15) is 24.2 Å². The third-order valence-electron chi connectivity index (χ3n) is 3.89. The fourth-order valence-corrected chi connectivity index (χ4v) is 2.50. The minimum Gasteiger partial charge on any atom is -0.497 e. The monoisotopic (exact) mass is 357 g/mol. The molecule has 0 aliphatic rings. The molecule has 140 valence electrons. The van der Waals surface area contributed by atoms with Crippen LogP contribution in [-0.2, 0) is 6.54 Å². The highest BCUT2D eigenvalue weighted by Gasteiger charge is 2.10. The molecule has 0 aliphatic carbocycles. The van der Waals surface area contributed by atoms with Crippen molar-refractivity contribution in [1.82, 2.24) is 10.6 Å². The van der Waals surface area contributed by atoms with Crippen molar-refractivity contribution in [1.29, 1.82) is 0 Å². The molecule has 0 aliphatic heterocycles. The van der Waals surface area contributed by atoms with Crippen molar-refractivity contribution in [2.75, 3.05) is 27.3 Å². The normalized spacial score (nSPS) is 12.4. The number of hydrogen-bond donors (Lipinski definition) is 3. The maximum Gasteiger partial charge on any atom is 0.191 e. The average Bonchev–Trinajstić information content (AvgIpc) is 2.70. The van der Waals surface area contributed by atoms with Gasteiger partial charge in [0.15, 0.2) is 5.96 Å². The molecule has 0 spiro atoms. The van der Waals surface area contributed by atoms with Crippen LogP contribution >= 0.6 is 0 Å². The van der Waals surface area contributed by atoms with E-state index < -0.39 is 6.10 Å². The van der Waals surface area contributed by atoms with E-state index in [2.05, 4.69) is 15.6 Å². The summed E-state index contributed by atoms with van der Waals surface area (Å²) >= 11 is 0. The standard InChI is InChI=1S/C20H27N3O3/c1-4-21-20(22-13-16-8-5-6-11-19(16)26-3)23-14-18(24)15-9-7-10-17(12-15)25-2/h5-12,18,24H,4,13-14H2,1-3H3,(H2,21,22,23). The number of guanidine groups is 1. The predicted octanol–water partition coefficient (Wildman–Crippen LogP) is 2.49. The molecule has 6 heteroatoms. The van der Waals surface area contributed by atoms with Gasteiger partial charge in [-0.2, -0.15) is 0 Å². The van der Waals surface area contributed by atoms with Gasteiger partial charge in [-0.25, -0.2) is 4.99 Å². The summed E-state index contributed by atoms with van der Waals surface area (Å²) in [6.07, 6.45) is -0.666. The Labute approximate surface area is 154 Å². The third-order valence-corrected chi connectivity index (χ3v) is 3.89. The number of hydrogen-bond acceptors (Lipinski definition) is 4. The second kappa shape index (κ2) is 10.3. The maximum atomic E-state index is 10.4. The molecule has 1 atom stereocenters. The van der Waals surface area contributed by atoms with E-state index >= 15 is 0 Å². The summed E-state index contributed by atoms with van der Waals surface area (Å²) in [5.74, 6) is 2.17. The predicted molar refractivity (Wildman–Crippen MR) is 104 cm³/mol. The van der Waals surface area contributed by atoms with Crippen molar-refractivity contribution in [2.24, 2.45) is 4.99 Å². The first-order chi connectivity index (χ1) is 12.7. The lowest BCUT2D eigenvalue weighted by Gasteiger charge is -2.16. The van der Waals surface area contributed by atoms with Crippen LogP contribution in [0.2, 0.25) is 0 Å². The Kier molecular flexibility index (Phi) is 7.76. The molecule has 0 amide bonds. The van der Waals surface area contributed by atoms with Gasteiger partial charge in [0, 0.05) is 18.7 Å². The lowest BCUT2D eigenvalue weighted by molar-refractivity contribution is 0.180. The first-order valence-corrected chi connectivity index (χ1v) is 8.64. The first-order valence-electron chi connectivity index (χ1n) is 8.64. The molecular weight excluding hydrogens is 330 g/mol. The number of para-hydroxylation sites is 1. The van der Waals surface area contributed by atoms with E-state index in [1.54, 1.807) is 14.2 Å². The Hall–Kier alpha value is -2.73. The van der Waals surface area contributed by atoms with Gasteiger partial charge in [0.2, 0.25) is 0 Å². The molecule has 1 unspecified atom stereocenters. The Bertz CT molecular complexity index is 719. The van der Waals surface area contributed by atoms with Crippen molar-refractivity contribution >= 4 is 5.96 Å². The van der Waals surface area contributed by atoms with E-state index in [0.29, 0.717) is 19.0 Å². The number of nitrogens with zero attached hydrogens (tertiary/aromatic N) is 1. The zero-order chi connectivity index (χ0) is 18.8. The first kappa shape index (κ1) is 19.6. The van der Waals surface area contributed by atoms with Gasteiger partial charge in [-0.15, -0.1) is 0 Å². The van der Waals surface area contributed by atoms with E-state index in [9.17, 15) is 5.11 Å². The molecule has 0 radical (unpaired) electrons. The van der Waals surface area contributed by atoms with Crippen LogP contribution in [0.15, 0.2) is 53.5 Å². The second-order valence-corrected chi connectivity index (χ2v) is 5.68. The number of benzene rings is 2. The van der Waals surface area contributed by atoms with E-state index in [-0.39, 0.29) is 0 Å². The van der Waals surface area contributed by atoms with Crippen LogP contribution in [0.3, 0.4) is 0 Å². The smallest absolute Gasteiger partial charge is 0.191 e. The Balaban J connectivity index is 2.00. The maximum absolute atomic E-state index is 10.4. The van der Waals surface area contributed by atoms with Crippen molar-refractivity contribution in [3.05, 3.63) is 59.7 Å². The second-order valence-electron chi connectivity index (χ2n) is 5.68. The quantitative estimate of drug-likeness (QED) is 0.500. The third kappa shape index (κ3) is 5.67. The van der Waals surface area contributed by atoms with Crippen LogP contribution in [0, 0.1) is 0 Å². The van der Waals surface area contributed by atoms with Crippen LogP contribution in [0.4, 0.5) is 0 Å². The van der Waals surface area contributed by atoms with Crippen molar-refractivity contribution in [2.45, 2.75) is 19.6 Å². The van der Waals surface area contributed by atoms with Crippen molar-refractivity contribution < 1.29 is 14.6 Å². The highest BCUT2D eigenvalue weighted by molar-refractivity contribution is 5.79. The van der Waals surface area contributed by atoms with E-state index in [1.165, 1.54) is 0 Å². The van der Waals surface area contributed by atoms with Crippen LogP contribution in [-0.4, -0.2) is 38.4 Å². The average molecular weight is 357 g/mol. The van der Waals surface area contributed by atoms with Gasteiger partial charge in [-0.1, -0.05) is 30.3 Å². The molecule has 0 fully saturated rings. The summed E-state index contributed by atoms with van der Waals surface area (Å²) in [7, 11) is 3.26. The zero-order valence-corrected chi connectivity index (χ0v) is 15.5. The molecular formula is C20H27N3O3. The van der Waals surface area contributed by atoms with Crippen LogP contribution < -0.4 is 20.1 Å². The molecule has 0 saturated heterocycles. The molecule has 6 nitrogen and oxygen atoms in total. The fourth-order valence-electron chi connectivity index (χ4n) is 2.50. The molecule has 2 rings (SSSR count). The lowest BCUT2D eigenvalue weighted by atomic mass is 10.1. The van der Waals surface area contributed by atoms with Gasteiger partial charge in [-0.05, 0) is 30.7 Å². The number of rotatable bonds is 8. The summed E-state index contributed by atoms with van der Waals surface area (Å²) in [6, 6.07) is 15.2. The van der Waals surface area contributed by atoms with Crippen molar-refractivity contribution in [3.8, 4) is 11.5 Å². The Morgan fingerprint density at radius 1 is 1.08 bits per heavy atom. The Morgan fingerprint density at radius 3 is 2.62 bits per heavy atom. The summed E-state index contributed by atoms with van der Waals surface area (Å²) in [6.45, 7) is 3.55. The minimum atomic E-state index is -0.666. The summed E-state index contributed by atoms with van der Waals surface area (Å²) < 4.78 is 10.6. The van der Waals surface area contributed by atoms with Crippen molar-refractivity contribution in [3.63, 3.8) is 0 Å². The Morgan fingerprint density at radius 2 is 1.88 bits per heavy atom. The molecule has 2 aromatic carbocycles. The number of ether oxygens (including phenoxy) is 2. The molecule has 0 aromatic heterocycles. The van der Waals surface area contributed by atoms with E-state index in [1.807, 2.05) is 55.5 Å². The summed E-state index contributed by atoms with van der Waals surface area (Å²) in [5.41, 5.74) is 1.79. The van der Waals surface area contributed by atoms with Gasteiger partial charge in [0.05, 0.1) is 26.9 Å². The van der Waals surface area contributed by atoms with Gasteiger partial charge >= 0.3 is 0 Å². The van der Waals surface area contributed by atoms with Gasteiger partial charge in [0.25, 0.3) is 0 Å². The zero-order valence-electron chi connectivity index (χ0n) is 15.5. The highest BCUT2D eigenvalue weighted by Crippen LogP contribution is 2.19. The molecule has 3 N–H and O–H groups in total. The minimum absolute atomic E-state index is 0.338. The lowest BCUT2D eigenvalue weighted by Crippen LogP contribution is -2.39. The van der Waals surface area contributed by atoms with E-state index in [0.717, 1.165) is 29.2 Å². The van der Waals surface area contributed by atoms with Gasteiger partial charge < -0.3 is 25.2 Å². The largest absolute Gasteiger partial charge is 0.497 e. The molecule has 0 saturated carbocycles. The summed E-state index contributed by atoms with van der Waals surface area (Å²) in [4.78, 5) is 4.57. The number of aliphatic hydroxyl groups is 1. The number of aliphatic imine (C=N–C) groups is 1. The molecule has 0 bridgehead atoms. The number of methoxy groups -OCH3 is 2. The SMILES string of the molecule is CCNC(=NCc1ccccc1OC)NCC(O)c1cccc(OC)c1. The highest BCUT2D eigenvalue weighted by atomic mass is 16.5. The van der Waals surface area contributed by atoms with Crippen LogP contribution in [0.5, 0.6) is 11.5 Å². The van der Waals surface area contributed by atoms with Gasteiger partial charge in [-0.3, -0.25) is 0 Å². The van der Waals surface area contributed by atoms with E-state index in [4.69, 9.17) is 9.47 Å². The van der Waals surface area contributed by atoms with Crippen LogP contribution in [0.25, 0.3) is 0 Å². The van der Waals surface area contributed by atoms with Gasteiger partial charge in [0.1, 0.15) is 11.5 Å².